The number of nitrogens with one attached hydrogen (secondary N) is 2. The van der Waals surface area contributed by atoms with Crippen LogP contribution in [0.5, 0.6) is 0 Å². The summed E-state index contributed by atoms with van der Waals surface area (Å²) >= 11 is 0. The fraction of sp³-hybridized carbons (Fsp3) is 0.240. The van der Waals surface area contributed by atoms with Gasteiger partial charge in [-0.25, -0.2) is 8.42 Å². The summed E-state index contributed by atoms with van der Waals surface area (Å²) in [5.74, 6) is -0.274. The van der Waals surface area contributed by atoms with Crippen molar-refractivity contribution in [2.24, 2.45) is 0 Å². The summed E-state index contributed by atoms with van der Waals surface area (Å²) in [6, 6.07) is 21.1. The highest BCUT2D eigenvalue weighted by Crippen LogP contribution is 2.19. The van der Waals surface area contributed by atoms with Crippen LogP contribution in [0.4, 0.5) is 11.4 Å². The van der Waals surface area contributed by atoms with E-state index in [0.717, 1.165) is 43.1 Å². The highest BCUT2D eigenvalue weighted by molar-refractivity contribution is 7.92. The number of carbonyl (C=O) groups is 1. The zero-order chi connectivity index (χ0) is 23.3. The molecule has 0 aromatic heterocycles. The summed E-state index contributed by atoms with van der Waals surface area (Å²) in [5, 5.41) is 2.89. The Bertz CT molecular complexity index is 1200. The van der Waals surface area contributed by atoms with Crippen molar-refractivity contribution >= 4 is 27.3 Å². The molecular weight excluding hydrogens is 438 g/mol. The Labute approximate surface area is 194 Å². The molecule has 4 rings (SSSR count). The smallest absolute Gasteiger partial charge is 0.261 e. The van der Waals surface area contributed by atoms with Gasteiger partial charge >= 0.3 is 0 Å². The Morgan fingerprint density at radius 3 is 2.36 bits per heavy atom. The number of nitrogens with zero attached hydrogens (tertiary/aromatic N) is 1. The van der Waals surface area contributed by atoms with Crippen LogP contribution >= 0.6 is 0 Å². The van der Waals surface area contributed by atoms with Crippen molar-refractivity contribution in [1.82, 2.24) is 5.32 Å². The van der Waals surface area contributed by atoms with E-state index in [1.807, 2.05) is 31.2 Å². The summed E-state index contributed by atoms with van der Waals surface area (Å²) in [6.07, 6.45) is 0. The average molecular weight is 466 g/mol. The standard InChI is InChI=1S/C25H27N3O4S/c1-19-5-11-24(12-6-19)33(30,31)27-22-4-2-3-21(17-22)25(29)26-18-20-7-9-23(10-8-20)28-13-15-32-16-14-28/h2-12,17,27H,13-16,18H2,1H3,(H,26,29). The van der Waals surface area contributed by atoms with Crippen LogP contribution in [-0.2, 0) is 21.3 Å². The topological polar surface area (TPSA) is 87.7 Å². The van der Waals surface area contributed by atoms with Gasteiger partial charge in [-0.15, -0.1) is 0 Å². The summed E-state index contributed by atoms with van der Waals surface area (Å²) in [6.45, 7) is 5.49. The molecule has 1 saturated heterocycles. The maximum absolute atomic E-state index is 12.6. The minimum Gasteiger partial charge on any atom is -0.378 e. The third kappa shape index (κ3) is 5.91. The third-order valence-corrected chi connectivity index (χ3v) is 6.87. The van der Waals surface area contributed by atoms with Crippen LogP contribution in [0, 0.1) is 6.92 Å². The molecule has 8 heteroatoms. The zero-order valence-electron chi connectivity index (χ0n) is 18.5. The molecule has 2 N–H and O–H groups in total. The van der Waals surface area contributed by atoms with E-state index in [2.05, 4.69) is 14.9 Å². The molecule has 3 aromatic rings. The molecule has 0 radical (unpaired) electrons. The van der Waals surface area contributed by atoms with Gasteiger partial charge in [0.2, 0.25) is 0 Å². The Kier molecular flexibility index (Phi) is 6.96. The second kappa shape index (κ2) is 10.1. The van der Waals surface area contributed by atoms with Crippen molar-refractivity contribution in [2.75, 3.05) is 35.9 Å². The van der Waals surface area contributed by atoms with Crippen LogP contribution in [0.2, 0.25) is 0 Å². The van der Waals surface area contributed by atoms with Gasteiger partial charge in [-0.1, -0.05) is 35.9 Å². The zero-order valence-corrected chi connectivity index (χ0v) is 19.3. The molecule has 0 bridgehead atoms. The van der Waals surface area contributed by atoms with Crippen molar-refractivity contribution in [3.05, 3.63) is 89.5 Å². The molecule has 0 atom stereocenters. The number of morpholine rings is 1. The predicted octanol–water partition coefficient (Wildman–Crippen LogP) is 3.56. The molecule has 1 heterocycles. The summed E-state index contributed by atoms with van der Waals surface area (Å²) in [4.78, 5) is 15.1. The van der Waals surface area contributed by atoms with E-state index in [1.165, 1.54) is 6.07 Å². The van der Waals surface area contributed by atoms with Gasteiger partial charge in [0.1, 0.15) is 0 Å². The number of hydrogen-bond donors (Lipinski definition) is 2. The molecule has 7 nitrogen and oxygen atoms in total. The van der Waals surface area contributed by atoms with Gasteiger partial charge in [0, 0.05) is 36.6 Å². The quantitative estimate of drug-likeness (QED) is 0.557. The highest BCUT2D eigenvalue weighted by Gasteiger charge is 2.15. The van der Waals surface area contributed by atoms with Gasteiger partial charge in [0.15, 0.2) is 0 Å². The second-order valence-electron chi connectivity index (χ2n) is 7.95. The largest absolute Gasteiger partial charge is 0.378 e. The number of rotatable bonds is 7. The minimum absolute atomic E-state index is 0.170. The lowest BCUT2D eigenvalue weighted by Gasteiger charge is -2.28. The minimum atomic E-state index is -3.73. The van der Waals surface area contributed by atoms with Gasteiger partial charge < -0.3 is 15.0 Å². The molecule has 1 aliphatic heterocycles. The number of aryl methyl sites for hydroxylation is 1. The van der Waals surface area contributed by atoms with Gasteiger partial charge in [-0.3, -0.25) is 9.52 Å². The summed E-state index contributed by atoms with van der Waals surface area (Å²) < 4.78 is 33.2. The monoisotopic (exact) mass is 465 g/mol. The molecule has 172 valence electrons. The van der Waals surface area contributed by atoms with Gasteiger partial charge in [-0.2, -0.15) is 0 Å². The fourth-order valence-electron chi connectivity index (χ4n) is 3.59. The van der Waals surface area contributed by atoms with Crippen molar-refractivity contribution in [3.8, 4) is 0 Å². The van der Waals surface area contributed by atoms with Gasteiger partial charge in [0.25, 0.3) is 15.9 Å². The molecular formula is C25H27N3O4S. The lowest BCUT2D eigenvalue weighted by Crippen LogP contribution is -2.36. The molecule has 1 amide bonds. The SMILES string of the molecule is Cc1ccc(S(=O)(=O)Nc2cccc(C(=O)NCc3ccc(N4CCOCC4)cc3)c2)cc1. The normalized spacial score (nSPS) is 14.0. The van der Waals surface area contributed by atoms with Crippen LogP contribution in [0.25, 0.3) is 0 Å². The van der Waals surface area contributed by atoms with E-state index in [4.69, 9.17) is 4.74 Å². The lowest BCUT2D eigenvalue weighted by molar-refractivity contribution is 0.0951. The summed E-state index contributed by atoms with van der Waals surface area (Å²) in [5.41, 5.74) is 3.81. The number of sulfonamides is 1. The Morgan fingerprint density at radius 2 is 1.67 bits per heavy atom. The molecule has 1 fully saturated rings. The fourth-order valence-corrected chi connectivity index (χ4v) is 4.64. The highest BCUT2D eigenvalue weighted by atomic mass is 32.2. The number of ether oxygens (including phenoxy) is 1. The second-order valence-corrected chi connectivity index (χ2v) is 9.63. The summed E-state index contributed by atoms with van der Waals surface area (Å²) in [7, 11) is -3.73. The number of amides is 1. The number of carbonyl (C=O) groups excluding carboxylic acids is 1. The van der Waals surface area contributed by atoms with E-state index >= 15 is 0 Å². The molecule has 3 aromatic carbocycles. The van der Waals surface area contributed by atoms with Crippen LogP contribution in [0.1, 0.15) is 21.5 Å². The molecule has 33 heavy (non-hydrogen) atoms. The van der Waals surface area contributed by atoms with Gasteiger partial charge in [0.05, 0.1) is 18.1 Å². The van der Waals surface area contributed by atoms with E-state index < -0.39 is 10.0 Å². The van der Waals surface area contributed by atoms with Crippen molar-refractivity contribution in [3.63, 3.8) is 0 Å². The van der Waals surface area contributed by atoms with Crippen LogP contribution in [-0.4, -0.2) is 40.6 Å². The maximum atomic E-state index is 12.6. The number of benzene rings is 3. The number of anilines is 2. The lowest BCUT2D eigenvalue weighted by atomic mass is 10.1. The van der Waals surface area contributed by atoms with Crippen molar-refractivity contribution < 1.29 is 17.9 Å². The first-order valence-electron chi connectivity index (χ1n) is 10.8. The third-order valence-electron chi connectivity index (χ3n) is 5.47. The van der Waals surface area contributed by atoms with Crippen LogP contribution < -0.4 is 14.9 Å². The van der Waals surface area contributed by atoms with Crippen molar-refractivity contribution in [2.45, 2.75) is 18.4 Å². The molecule has 0 saturated carbocycles. The molecule has 0 aliphatic carbocycles. The van der Waals surface area contributed by atoms with Crippen LogP contribution in [0.15, 0.2) is 77.7 Å². The number of hydrogen-bond acceptors (Lipinski definition) is 5. The maximum Gasteiger partial charge on any atom is 0.261 e. The predicted molar refractivity (Wildman–Crippen MR) is 129 cm³/mol. The van der Waals surface area contributed by atoms with E-state index in [9.17, 15) is 13.2 Å². The Balaban J connectivity index is 1.37. The van der Waals surface area contributed by atoms with Crippen LogP contribution in [0.3, 0.4) is 0 Å². The first-order chi connectivity index (χ1) is 15.9. The van der Waals surface area contributed by atoms with E-state index in [1.54, 1.807) is 42.5 Å². The van der Waals surface area contributed by atoms with Crippen molar-refractivity contribution in [1.29, 1.82) is 0 Å². The Morgan fingerprint density at radius 1 is 0.970 bits per heavy atom. The average Bonchev–Trinajstić information content (AvgIpc) is 2.83. The van der Waals surface area contributed by atoms with Gasteiger partial charge in [-0.05, 0) is 55.0 Å². The van der Waals surface area contributed by atoms with E-state index in [0.29, 0.717) is 17.8 Å². The molecule has 1 aliphatic rings. The molecule has 0 spiro atoms. The van der Waals surface area contributed by atoms with E-state index in [-0.39, 0.29) is 10.8 Å². The first kappa shape index (κ1) is 22.8. The Hall–Kier alpha value is -3.36. The first-order valence-corrected chi connectivity index (χ1v) is 12.3. The molecule has 0 unspecified atom stereocenters.